The van der Waals surface area contributed by atoms with Gasteiger partial charge in [0.15, 0.2) is 5.82 Å². The molecular formula is C31H37ClFN5O4. The molecule has 2 aliphatic rings. The van der Waals surface area contributed by atoms with Gasteiger partial charge in [0.2, 0.25) is 11.8 Å². The van der Waals surface area contributed by atoms with Crippen molar-refractivity contribution in [1.29, 1.82) is 0 Å². The van der Waals surface area contributed by atoms with Gasteiger partial charge in [-0.3, -0.25) is 9.59 Å². The molecule has 11 heteroatoms. The highest BCUT2D eigenvalue weighted by Gasteiger charge is 2.38. The van der Waals surface area contributed by atoms with Crippen LogP contribution in [0.15, 0.2) is 30.3 Å². The first-order valence-electron chi connectivity index (χ1n) is 14.3. The molecule has 2 heterocycles. The molecule has 1 saturated heterocycles. The van der Waals surface area contributed by atoms with Gasteiger partial charge in [0.05, 0.1) is 12.0 Å². The summed E-state index contributed by atoms with van der Waals surface area (Å²) in [5.41, 5.74) is 1.17. The number of amides is 2. The largest absolute Gasteiger partial charge is 0.463 e. The fourth-order valence-corrected chi connectivity index (χ4v) is 6.29. The first-order valence-corrected chi connectivity index (χ1v) is 14.7. The summed E-state index contributed by atoms with van der Waals surface area (Å²) in [7, 11) is 3.33. The van der Waals surface area contributed by atoms with Crippen LogP contribution in [0.5, 0.6) is 6.01 Å². The molecule has 5 rings (SSSR count). The van der Waals surface area contributed by atoms with Crippen molar-refractivity contribution in [2.75, 3.05) is 51.8 Å². The van der Waals surface area contributed by atoms with Crippen LogP contribution in [0.25, 0.3) is 10.9 Å². The second kappa shape index (κ2) is 12.0. The molecule has 3 aromatic rings. The summed E-state index contributed by atoms with van der Waals surface area (Å²) in [6.07, 6.45) is 1.31. The SMILES string of the molecule is CCC(=O)N1CCN(c2nc(OCCC(=O)N(C)C)nc3c(F)c(C4CC(C)(O)Cc5ccccc54)c(Cl)cc23)CC1. The zero-order valence-corrected chi connectivity index (χ0v) is 25.2. The van der Waals surface area contributed by atoms with Gasteiger partial charge in [0.1, 0.15) is 17.9 Å². The number of anilines is 1. The van der Waals surface area contributed by atoms with Crippen LogP contribution in [-0.4, -0.2) is 89.2 Å². The molecule has 1 N–H and O–H groups in total. The molecule has 0 spiro atoms. The lowest BCUT2D eigenvalue weighted by Gasteiger charge is -2.37. The molecule has 2 unspecified atom stereocenters. The Morgan fingerprint density at radius 1 is 1.19 bits per heavy atom. The van der Waals surface area contributed by atoms with Gasteiger partial charge in [0, 0.05) is 75.0 Å². The summed E-state index contributed by atoms with van der Waals surface area (Å²) in [4.78, 5) is 38.7. The molecule has 1 fully saturated rings. The number of nitrogens with zero attached hydrogens (tertiary/aromatic N) is 5. The van der Waals surface area contributed by atoms with E-state index in [-0.39, 0.29) is 47.0 Å². The van der Waals surface area contributed by atoms with E-state index in [9.17, 15) is 14.7 Å². The Morgan fingerprint density at radius 2 is 1.90 bits per heavy atom. The van der Waals surface area contributed by atoms with E-state index in [1.165, 1.54) is 4.90 Å². The molecule has 0 radical (unpaired) electrons. The van der Waals surface area contributed by atoms with Crippen LogP contribution in [0.1, 0.15) is 55.7 Å². The number of aliphatic hydroxyl groups is 1. The minimum Gasteiger partial charge on any atom is -0.463 e. The zero-order valence-electron chi connectivity index (χ0n) is 24.5. The first kappa shape index (κ1) is 30.0. The summed E-state index contributed by atoms with van der Waals surface area (Å²) < 4.78 is 22.5. The van der Waals surface area contributed by atoms with Crippen molar-refractivity contribution < 1.29 is 23.8 Å². The molecule has 2 aromatic carbocycles. The standard InChI is InChI=1S/C31H37ClFN5O4/c1-5-24(39)37-11-13-38(14-12-37)29-21-16-23(32)26(22-18-31(2,41)17-19-8-6-7-9-20(19)22)27(33)28(21)34-30(35-29)42-15-10-25(40)36(3)4/h6-9,16,22,41H,5,10-15,17-18H2,1-4H3. The lowest BCUT2D eigenvalue weighted by Crippen LogP contribution is -2.49. The molecule has 2 atom stereocenters. The number of ether oxygens (including phenoxy) is 1. The lowest BCUT2D eigenvalue weighted by atomic mass is 9.72. The van der Waals surface area contributed by atoms with Crippen molar-refractivity contribution >= 4 is 40.1 Å². The van der Waals surface area contributed by atoms with Crippen molar-refractivity contribution in [2.45, 2.75) is 51.0 Å². The van der Waals surface area contributed by atoms with E-state index >= 15 is 4.39 Å². The van der Waals surface area contributed by atoms with Gasteiger partial charge in [-0.15, -0.1) is 0 Å². The van der Waals surface area contributed by atoms with Crippen LogP contribution < -0.4 is 9.64 Å². The number of hydrogen-bond donors (Lipinski definition) is 1. The van der Waals surface area contributed by atoms with Crippen molar-refractivity contribution in [2.24, 2.45) is 0 Å². The van der Waals surface area contributed by atoms with Gasteiger partial charge in [-0.25, -0.2) is 4.39 Å². The third kappa shape index (κ3) is 6.01. The molecule has 1 aromatic heterocycles. The highest BCUT2D eigenvalue weighted by molar-refractivity contribution is 6.32. The maximum atomic E-state index is 16.7. The summed E-state index contributed by atoms with van der Waals surface area (Å²) in [6, 6.07) is 9.37. The van der Waals surface area contributed by atoms with Crippen LogP contribution >= 0.6 is 11.6 Å². The average molecular weight is 598 g/mol. The topological polar surface area (TPSA) is 99.1 Å². The molecule has 224 valence electrons. The molecule has 9 nitrogen and oxygen atoms in total. The van der Waals surface area contributed by atoms with Gasteiger partial charge in [-0.1, -0.05) is 42.8 Å². The van der Waals surface area contributed by atoms with Crippen molar-refractivity contribution in [3.8, 4) is 6.01 Å². The molecule has 0 bridgehead atoms. The number of piperazine rings is 1. The average Bonchev–Trinajstić information content (AvgIpc) is 2.96. The Kier molecular flexibility index (Phi) is 8.57. The van der Waals surface area contributed by atoms with E-state index in [0.29, 0.717) is 56.6 Å². The van der Waals surface area contributed by atoms with E-state index in [2.05, 4.69) is 9.97 Å². The van der Waals surface area contributed by atoms with Gasteiger partial charge < -0.3 is 24.5 Å². The number of rotatable bonds is 7. The predicted molar refractivity (Wildman–Crippen MR) is 160 cm³/mol. The van der Waals surface area contributed by atoms with E-state index in [1.54, 1.807) is 27.1 Å². The molecule has 1 aliphatic heterocycles. The maximum Gasteiger partial charge on any atom is 0.319 e. The fourth-order valence-electron chi connectivity index (χ4n) is 5.97. The Bertz CT molecular complexity index is 1510. The number of carbonyl (C=O) groups is 2. The Balaban J connectivity index is 1.59. The third-order valence-corrected chi connectivity index (χ3v) is 8.46. The highest BCUT2D eigenvalue weighted by Crippen LogP contribution is 2.46. The first-order chi connectivity index (χ1) is 20.0. The molecular weight excluding hydrogens is 561 g/mol. The number of halogens is 2. The minimum atomic E-state index is -1.04. The van der Waals surface area contributed by atoms with E-state index in [4.69, 9.17) is 16.3 Å². The van der Waals surface area contributed by atoms with Crippen LogP contribution in [0.4, 0.5) is 10.2 Å². The van der Waals surface area contributed by atoms with Crippen molar-refractivity contribution in [3.05, 3.63) is 57.9 Å². The van der Waals surface area contributed by atoms with Crippen LogP contribution in [0, 0.1) is 5.82 Å². The maximum absolute atomic E-state index is 16.7. The summed E-state index contributed by atoms with van der Waals surface area (Å²) >= 11 is 6.86. The zero-order chi connectivity index (χ0) is 30.2. The van der Waals surface area contributed by atoms with Crippen LogP contribution in [0.3, 0.4) is 0 Å². The molecule has 0 saturated carbocycles. The minimum absolute atomic E-state index is 0.0294. The third-order valence-electron chi connectivity index (χ3n) is 8.15. The van der Waals surface area contributed by atoms with Gasteiger partial charge in [0.25, 0.3) is 0 Å². The fraction of sp³-hybridized carbons (Fsp3) is 0.484. The Morgan fingerprint density at radius 3 is 2.60 bits per heavy atom. The van der Waals surface area contributed by atoms with E-state index in [1.807, 2.05) is 41.0 Å². The van der Waals surface area contributed by atoms with Crippen molar-refractivity contribution in [1.82, 2.24) is 19.8 Å². The Hall–Kier alpha value is -3.50. The van der Waals surface area contributed by atoms with Gasteiger partial charge >= 0.3 is 6.01 Å². The number of hydrogen-bond acceptors (Lipinski definition) is 7. The normalized spacial score (nSPS) is 20.4. The smallest absolute Gasteiger partial charge is 0.319 e. The molecule has 2 amide bonds. The van der Waals surface area contributed by atoms with Crippen molar-refractivity contribution in [3.63, 3.8) is 0 Å². The summed E-state index contributed by atoms with van der Waals surface area (Å²) in [5.74, 6) is -0.644. The number of carbonyl (C=O) groups excluding carboxylic acids is 2. The summed E-state index contributed by atoms with van der Waals surface area (Å²) in [5, 5.41) is 11.8. The predicted octanol–water partition coefficient (Wildman–Crippen LogP) is 4.17. The number of benzene rings is 2. The second-order valence-corrected chi connectivity index (χ2v) is 12.0. The van der Waals surface area contributed by atoms with E-state index in [0.717, 1.165) is 11.1 Å². The monoisotopic (exact) mass is 597 g/mol. The van der Waals surface area contributed by atoms with E-state index < -0.39 is 17.3 Å². The lowest BCUT2D eigenvalue weighted by molar-refractivity contribution is -0.131. The highest BCUT2D eigenvalue weighted by atomic mass is 35.5. The summed E-state index contributed by atoms with van der Waals surface area (Å²) in [6.45, 7) is 5.63. The number of aromatic nitrogens is 2. The van der Waals surface area contributed by atoms with Crippen LogP contribution in [-0.2, 0) is 16.0 Å². The molecule has 1 aliphatic carbocycles. The van der Waals surface area contributed by atoms with Gasteiger partial charge in [-0.2, -0.15) is 9.97 Å². The number of fused-ring (bicyclic) bond motifs is 2. The van der Waals surface area contributed by atoms with Crippen LogP contribution in [0.2, 0.25) is 5.02 Å². The van der Waals surface area contributed by atoms with Gasteiger partial charge in [-0.05, 0) is 30.5 Å². The quantitative estimate of drug-likeness (QED) is 0.436. The second-order valence-electron chi connectivity index (χ2n) is 11.5. The Labute approximate surface area is 250 Å². The molecule has 42 heavy (non-hydrogen) atoms.